The van der Waals surface area contributed by atoms with Crippen LogP contribution in [-0.2, 0) is 38.2 Å². The molecule has 2 unspecified atom stereocenters. The summed E-state index contributed by atoms with van der Waals surface area (Å²) in [6.45, 7) is 4.64. The van der Waals surface area contributed by atoms with Crippen molar-refractivity contribution in [3.05, 3.63) is 107 Å². The molecule has 4 nitrogen and oxygen atoms in total. The summed E-state index contributed by atoms with van der Waals surface area (Å²) in [6, 6.07) is 31.5. The first kappa shape index (κ1) is 26.6. The molecule has 2 heterocycles. The van der Waals surface area contributed by atoms with Crippen molar-refractivity contribution in [3.8, 4) is 33.4 Å². The molecule has 0 spiro atoms. The average molecular weight is 547 g/mol. The molecule has 0 saturated carbocycles. The molecule has 0 amide bonds. The second-order valence-corrected chi connectivity index (χ2v) is 11.4. The van der Waals surface area contributed by atoms with E-state index in [1.165, 1.54) is 55.6 Å². The molecule has 7 rings (SSSR count). The Hall–Kier alpha value is -3.28. The van der Waals surface area contributed by atoms with Gasteiger partial charge in [-0.25, -0.2) is 0 Å². The molecule has 0 N–H and O–H groups in total. The summed E-state index contributed by atoms with van der Waals surface area (Å²) < 4.78 is 22.3. The maximum absolute atomic E-state index is 5.88. The summed E-state index contributed by atoms with van der Waals surface area (Å²) in [4.78, 5) is 0. The standard InChI is InChI=1S/C37H38O4/c1-4-14-31(26(9-1)12-7-19-38-22-29-24-40-29)35-18-17-34-32-15-5-3-11-28(32)21-36(34)37(35)33-16-6-2-10-27(33)13-8-20-39-23-30-25-41-30/h1-6,9-11,14-18,29-30H,7-8,12-13,19-25H2. The predicted octanol–water partition coefficient (Wildman–Crippen LogP) is 7.29. The van der Waals surface area contributed by atoms with Gasteiger partial charge in [-0.3, -0.25) is 0 Å². The summed E-state index contributed by atoms with van der Waals surface area (Å²) in [5.41, 5.74) is 13.8. The molecule has 0 aromatic heterocycles. The van der Waals surface area contributed by atoms with Crippen molar-refractivity contribution in [2.45, 2.75) is 44.3 Å². The quantitative estimate of drug-likeness (QED) is 0.108. The van der Waals surface area contributed by atoms with E-state index >= 15 is 0 Å². The fourth-order valence-corrected chi connectivity index (χ4v) is 6.21. The second-order valence-electron chi connectivity index (χ2n) is 11.4. The maximum atomic E-state index is 5.88. The Labute approximate surface area is 243 Å². The van der Waals surface area contributed by atoms with Gasteiger partial charge in [-0.05, 0) is 87.7 Å². The minimum atomic E-state index is 0.317. The molecule has 2 fully saturated rings. The summed E-state index contributed by atoms with van der Waals surface area (Å²) in [5, 5.41) is 0. The predicted molar refractivity (Wildman–Crippen MR) is 163 cm³/mol. The first-order valence-electron chi connectivity index (χ1n) is 15.1. The topological polar surface area (TPSA) is 43.5 Å². The molecule has 3 aliphatic rings. The normalized spacial score (nSPS) is 18.2. The summed E-state index contributed by atoms with van der Waals surface area (Å²) in [5.74, 6) is 0. The van der Waals surface area contributed by atoms with Gasteiger partial charge in [0.05, 0.1) is 26.4 Å². The van der Waals surface area contributed by atoms with Gasteiger partial charge in [0.2, 0.25) is 0 Å². The van der Waals surface area contributed by atoms with Crippen LogP contribution in [0.4, 0.5) is 0 Å². The Kier molecular flexibility index (Phi) is 7.98. The van der Waals surface area contributed by atoms with Crippen molar-refractivity contribution in [1.29, 1.82) is 0 Å². The van der Waals surface area contributed by atoms with Crippen molar-refractivity contribution >= 4 is 0 Å². The van der Waals surface area contributed by atoms with Gasteiger partial charge in [0.25, 0.3) is 0 Å². The van der Waals surface area contributed by atoms with E-state index in [0.29, 0.717) is 25.4 Å². The number of epoxide rings is 2. The van der Waals surface area contributed by atoms with E-state index < -0.39 is 0 Å². The molecular weight excluding hydrogens is 508 g/mol. The Morgan fingerprint density at radius 3 is 1.76 bits per heavy atom. The summed E-state index contributed by atoms with van der Waals surface area (Å²) in [6.07, 6.45) is 5.57. The van der Waals surface area contributed by atoms with Crippen molar-refractivity contribution in [2.24, 2.45) is 0 Å². The Bertz CT molecular complexity index is 1500. The van der Waals surface area contributed by atoms with Gasteiger partial charge in [0.15, 0.2) is 0 Å². The van der Waals surface area contributed by atoms with Crippen LogP contribution in [0.2, 0.25) is 0 Å². The summed E-state index contributed by atoms with van der Waals surface area (Å²) >= 11 is 0. The highest BCUT2D eigenvalue weighted by atomic mass is 16.6. The van der Waals surface area contributed by atoms with Crippen LogP contribution in [-0.4, -0.2) is 51.8 Å². The lowest BCUT2D eigenvalue weighted by Gasteiger charge is -2.20. The average Bonchev–Trinajstić information content (AvgIpc) is 3.95. The van der Waals surface area contributed by atoms with Crippen LogP contribution in [0.15, 0.2) is 84.9 Å². The molecule has 4 aromatic rings. The minimum absolute atomic E-state index is 0.317. The van der Waals surface area contributed by atoms with Crippen molar-refractivity contribution < 1.29 is 18.9 Å². The van der Waals surface area contributed by atoms with Crippen LogP contribution in [0.5, 0.6) is 0 Å². The van der Waals surface area contributed by atoms with E-state index in [-0.39, 0.29) is 0 Å². The molecule has 0 bridgehead atoms. The van der Waals surface area contributed by atoms with Crippen LogP contribution >= 0.6 is 0 Å². The first-order chi connectivity index (χ1) is 20.3. The number of fused-ring (bicyclic) bond motifs is 3. The van der Waals surface area contributed by atoms with Crippen molar-refractivity contribution in [2.75, 3.05) is 39.6 Å². The van der Waals surface area contributed by atoms with Crippen LogP contribution in [0, 0.1) is 0 Å². The lowest BCUT2D eigenvalue weighted by molar-refractivity contribution is 0.114. The molecule has 1 aliphatic carbocycles. The van der Waals surface area contributed by atoms with Gasteiger partial charge in [0.1, 0.15) is 12.2 Å². The number of hydrogen-bond acceptors (Lipinski definition) is 4. The van der Waals surface area contributed by atoms with E-state index in [1.54, 1.807) is 0 Å². The highest BCUT2D eigenvalue weighted by Crippen LogP contribution is 2.47. The van der Waals surface area contributed by atoms with Crippen LogP contribution in [0.1, 0.15) is 35.1 Å². The zero-order valence-corrected chi connectivity index (χ0v) is 23.6. The number of ether oxygens (including phenoxy) is 4. The number of hydrogen-bond donors (Lipinski definition) is 0. The van der Waals surface area contributed by atoms with Gasteiger partial charge < -0.3 is 18.9 Å². The van der Waals surface area contributed by atoms with E-state index in [0.717, 1.165) is 58.5 Å². The van der Waals surface area contributed by atoms with E-state index in [1.807, 2.05) is 0 Å². The van der Waals surface area contributed by atoms with Gasteiger partial charge in [-0.15, -0.1) is 0 Å². The first-order valence-corrected chi connectivity index (χ1v) is 15.1. The largest absolute Gasteiger partial charge is 0.379 e. The molecule has 41 heavy (non-hydrogen) atoms. The fraction of sp³-hybridized carbons (Fsp3) is 0.351. The fourth-order valence-electron chi connectivity index (χ4n) is 6.21. The number of rotatable bonds is 14. The monoisotopic (exact) mass is 546 g/mol. The maximum Gasteiger partial charge on any atom is 0.104 e. The van der Waals surface area contributed by atoms with Gasteiger partial charge in [0, 0.05) is 13.2 Å². The molecular formula is C37H38O4. The Morgan fingerprint density at radius 1 is 0.561 bits per heavy atom. The molecule has 0 radical (unpaired) electrons. The second kappa shape index (κ2) is 12.3. The van der Waals surface area contributed by atoms with Gasteiger partial charge in [-0.1, -0.05) is 84.9 Å². The third-order valence-electron chi connectivity index (χ3n) is 8.46. The third-order valence-corrected chi connectivity index (χ3v) is 8.46. The molecule has 210 valence electrons. The van der Waals surface area contributed by atoms with Crippen molar-refractivity contribution in [3.63, 3.8) is 0 Å². The molecule has 4 aromatic carbocycles. The minimum Gasteiger partial charge on any atom is -0.379 e. The lowest BCUT2D eigenvalue weighted by Crippen LogP contribution is -2.05. The van der Waals surface area contributed by atoms with Crippen LogP contribution in [0.3, 0.4) is 0 Å². The molecule has 2 aliphatic heterocycles. The third kappa shape index (κ3) is 6.17. The number of benzene rings is 4. The smallest absolute Gasteiger partial charge is 0.104 e. The van der Waals surface area contributed by atoms with E-state index in [9.17, 15) is 0 Å². The Balaban J connectivity index is 1.22. The summed E-state index contributed by atoms with van der Waals surface area (Å²) in [7, 11) is 0. The molecule has 4 heteroatoms. The van der Waals surface area contributed by atoms with E-state index in [2.05, 4.69) is 84.9 Å². The highest BCUT2D eigenvalue weighted by Gasteiger charge is 2.26. The molecule has 2 atom stereocenters. The highest BCUT2D eigenvalue weighted by molar-refractivity contribution is 5.95. The van der Waals surface area contributed by atoms with Gasteiger partial charge in [-0.2, -0.15) is 0 Å². The molecule has 2 saturated heterocycles. The van der Waals surface area contributed by atoms with Gasteiger partial charge >= 0.3 is 0 Å². The van der Waals surface area contributed by atoms with E-state index in [4.69, 9.17) is 18.9 Å². The zero-order valence-electron chi connectivity index (χ0n) is 23.6. The SMILES string of the molecule is c1ccc2c(c1)Cc1c-2ccc(-c2ccccc2CCCOCC2CO2)c1-c1ccccc1CCCOCC1CO1. The number of aryl methyl sites for hydroxylation is 2. The van der Waals surface area contributed by atoms with Crippen LogP contribution < -0.4 is 0 Å². The van der Waals surface area contributed by atoms with Crippen LogP contribution in [0.25, 0.3) is 33.4 Å². The lowest BCUT2D eigenvalue weighted by atomic mass is 9.83. The Morgan fingerprint density at radius 2 is 1.10 bits per heavy atom. The zero-order chi connectivity index (χ0) is 27.4. The van der Waals surface area contributed by atoms with Crippen molar-refractivity contribution in [1.82, 2.24) is 0 Å².